The molecule has 4 nitrogen and oxygen atoms in total. The minimum atomic E-state index is -0.733. The zero-order valence-corrected chi connectivity index (χ0v) is 19.9. The van der Waals surface area contributed by atoms with Gasteiger partial charge in [0.25, 0.3) is 5.91 Å². The molecule has 0 aliphatic heterocycles. The molecule has 7 rings (SSSR count). The van der Waals surface area contributed by atoms with Crippen LogP contribution >= 0.6 is 11.6 Å². The van der Waals surface area contributed by atoms with Crippen molar-refractivity contribution in [3.05, 3.63) is 69.9 Å². The maximum absolute atomic E-state index is 14.7. The molecule has 1 amide bonds. The van der Waals surface area contributed by atoms with Crippen molar-refractivity contribution >= 4 is 17.5 Å². The summed E-state index contributed by atoms with van der Waals surface area (Å²) in [4.78, 5) is 13.4. The lowest BCUT2D eigenvalue weighted by atomic mass is 9.45. The molecule has 3 unspecified atom stereocenters. The van der Waals surface area contributed by atoms with E-state index in [0.29, 0.717) is 40.9 Å². The van der Waals surface area contributed by atoms with Gasteiger partial charge in [-0.2, -0.15) is 5.10 Å². The van der Waals surface area contributed by atoms with Crippen LogP contribution in [0.3, 0.4) is 0 Å². The van der Waals surface area contributed by atoms with Crippen LogP contribution < -0.4 is 5.32 Å². The van der Waals surface area contributed by atoms with Crippen LogP contribution in [0.15, 0.2) is 36.4 Å². The van der Waals surface area contributed by atoms with Crippen LogP contribution in [-0.4, -0.2) is 22.2 Å². The number of nitrogens with one attached hydrogen (secondary N) is 1. The normalized spacial score (nSPS) is 23.7. The van der Waals surface area contributed by atoms with Gasteiger partial charge in [-0.25, -0.2) is 13.5 Å². The van der Waals surface area contributed by atoms with E-state index in [9.17, 15) is 13.6 Å². The molecule has 3 fully saturated rings. The van der Waals surface area contributed by atoms with E-state index in [-0.39, 0.29) is 17.3 Å². The van der Waals surface area contributed by atoms with Gasteiger partial charge in [0.1, 0.15) is 11.5 Å². The van der Waals surface area contributed by atoms with Gasteiger partial charge in [0.2, 0.25) is 0 Å². The summed E-state index contributed by atoms with van der Waals surface area (Å²) in [5.74, 6) is 0.252. The van der Waals surface area contributed by atoms with E-state index < -0.39 is 11.6 Å². The highest BCUT2D eigenvalue weighted by atomic mass is 35.5. The Hall–Kier alpha value is -2.73. The Morgan fingerprint density at radius 2 is 2.03 bits per heavy atom. The van der Waals surface area contributed by atoms with Crippen molar-refractivity contribution in [1.82, 2.24) is 15.1 Å². The number of rotatable bonds is 4. The molecule has 4 aliphatic rings. The summed E-state index contributed by atoms with van der Waals surface area (Å²) in [5, 5.41) is 8.27. The Morgan fingerprint density at radius 3 is 2.76 bits per heavy atom. The highest BCUT2D eigenvalue weighted by Gasteiger charge is 2.54. The van der Waals surface area contributed by atoms with Crippen LogP contribution in [-0.2, 0) is 6.42 Å². The second kappa shape index (κ2) is 7.64. The van der Waals surface area contributed by atoms with Crippen LogP contribution in [0.2, 0.25) is 5.02 Å². The fourth-order valence-electron chi connectivity index (χ4n) is 6.55. The van der Waals surface area contributed by atoms with E-state index >= 15 is 0 Å². The van der Waals surface area contributed by atoms with E-state index in [1.165, 1.54) is 29.7 Å². The lowest BCUT2D eigenvalue weighted by molar-refractivity contribution is -0.103. The largest absolute Gasteiger partial charge is 0.350 e. The molecule has 0 saturated heterocycles. The summed E-state index contributed by atoms with van der Waals surface area (Å²) < 4.78 is 29.7. The van der Waals surface area contributed by atoms with Gasteiger partial charge < -0.3 is 5.32 Å². The Morgan fingerprint density at radius 1 is 1.21 bits per heavy atom. The van der Waals surface area contributed by atoms with E-state index in [2.05, 4.69) is 24.3 Å². The summed E-state index contributed by atoms with van der Waals surface area (Å²) >= 11 is 6.21. The molecule has 0 spiro atoms. The van der Waals surface area contributed by atoms with Crippen molar-refractivity contribution < 1.29 is 13.6 Å². The Balaban J connectivity index is 1.35. The van der Waals surface area contributed by atoms with Gasteiger partial charge in [-0.05, 0) is 72.3 Å². The standard InChI is InChI=1S/C27H26ClF2N3O/c1-27(2)16-4-3-14(21(27)11-16)13-31-26(34)24-20-10-15-9-17(28)5-7-19(15)25(20)33(32-24)23-8-6-18(29)12-22(23)30/h5-9,12,14,16,21H,3-4,10-11,13H2,1-2H3,(H,31,34). The number of aromatic nitrogens is 2. The van der Waals surface area contributed by atoms with Crippen molar-refractivity contribution in [3.8, 4) is 16.9 Å². The molecule has 34 heavy (non-hydrogen) atoms. The Kier molecular flexibility index (Phi) is 4.89. The van der Waals surface area contributed by atoms with Crippen molar-refractivity contribution in [1.29, 1.82) is 0 Å². The number of hydrogen-bond donors (Lipinski definition) is 1. The average Bonchev–Trinajstić information content (AvgIpc) is 3.34. The number of carbonyl (C=O) groups excluding carboxylic acids is 1. The first kappa shape index (κ1) is 21.8. The first-order valence-electron chi connectivity index (χ1n) is 11.9. The third-order valence-electron chi connectivity index (χ3n) is 8.55. The van der Waals surface area contributed by atoms with E-state index in [1.54, 1.807) is 6.07 Å². The van der Waals surface area contributed by atoms with Crippen molar-refractivity contribution in [3.63, 3.8) is 0 Å². The molecule has 4 aliphatic carbocycles. The van der Waals surface area contributed by atoms with E-state index in [4.69, 9.17) is 11.6 Å². The zero-order chi connectivity index (χ0) is 23.8. The van der Waals surface area contributed by atoms with Gasteiger partial charge in [0, 0.05) is 35.2 Å². The second-order valence-corrected chi connectivity index (χ2v) is 11.0. The zero-order valence-electron chi connectivity index (χ0n) is 19.2. The molecular formula is C27H26ClF2N3O. The predicted molar refractivity (Wildman–Crippen MR) is 127 cm³/mol. The van der Waals surface area contributed by atoms with E-state index in [1.807, 2.05) is 12.1 Å². The molecule has 7 heteroatoms. The average molecular weight is 482 g/mol. The number of carbonyl (C=O) groups is 1. The molecular weight excluding hydrogens is 456 g/mol. The number of hydrogen-bond acceptors (Lipinski definition) is 2. The summed E-state index contributed by atoms with van der Waals surface area (Å²) in [7, 11) is 0. The predicted octanol–water partition coefficient (Wildman–Crippen LogP) is 6.18. The summed E-state index contributed by atoms with van der Waals surface area (Å²) in [6.45, 7) is 5.30. The second-order valence-electron chi connectivity index (χ2n) is 10.6. The topological polar surface area (TPSA) is 46.9 Å². The number of nitrogens with zero attached hydrogens (tertiary/aromatic N) is 2. The van der Waals surface area contributed by atoms with Crippen molar-refractivity contribution in [2.45, 2.75) is 39.5 Å². The van der Waals surface area contributed by atoms with Gasteiger partial charge in [0.05, 0.1) is 5.69 Å². The molecule has 3 atom stereocenters. The van der Waals surface area contributed by atoms with Crippen molar-refractivity contribution in [2.75, 3.05) is 6.54 Å². The maximum Gasteiger partial charge on any atom is 0.272 e. The van der Waals surface area contributed by atoms with Gasteiger partial charge in [0.15, 0.2) is 11.5 Å². The molecule has 3 saturated carbocycles. The summed E-state index contributed by atoms with van der Waals surface area (Å²) in [6, 6.07) is 8.87. The fraction of sp³-hybridized carbons (Fsp3) is 0.407. The van der Waals surface area contributed by atoms with Gasteiger partial charge >= 0.3 is 0 Å². The van der Waals surface area contributed by atoms with Gasteiger partial charge in [-0.15, -0.1) is 0 Å². The molecule has 0 radical (unpaired) electrons. The number of benzene rings is 2. The molecule has 2 bridgehead atoms. The van der Waals surface area contributed by atoms with Gasteiger partial charge in [-0.1, -0.05) is 31.5 Å². The number of fused-ring (bicyclic) bond motifs is 5. The summed E-state index contributed by atoms with van der Waals surface area (Å²) in [6.07, 6.45) is 4.08. The Bertz CT molecular complexity index is 1330. The molecule has 1 heterocycles. The first-order chi connectivity index (χ1) is 16.2. The third-order valence-corrected chi connectivity index (χ3v) is 8.79. The lowest BCUT2D eigenvalue weighted by Gasteiger charge is -2.60. The smallest absolute Gasteiger partial charge is 0.272 e. The lowest BCUT2D eigenvalue weighted by Crippen LogP contribution is -2.54. The van der Waals surface area contributed by atoms with Crippen molar-refractivity contribution in [2.24, 2.45) is 23.2 Å². The highest BCUT2D eigenvalue weighted by molar-refractivity contribution is 6.30. The SMILES string of the molecule is CC1(C)C2CCC(CNC(=O)c3nn(-c4ccc(F)cc4F)c4c3Cc3cc(Cl)ccc3-4)C1C2. The Labute approximate surface area is 202 Å². The van der Waals surface area contributed by atoms with Crippen LogP contribution in [0.5, 0.6) is 0 Å². The van der Waals surface area contributed by atoms with Crippen LogP contribution in [0.4, 0.5) is 8.78 Å². The maximum atomic E-state index is 14.7. The van der Waals surface area contributed by atoms with Crippen LogP contribution in [0.1, 0.15) is 54.7 Å². The minimum absolute atomic E-state index is 0.106. The van der Waals surface area contributed by atoms with E-state index in [0.717, 1.165) is 35.1 Å². The monoisotopic (exact) mass is 481 g/mol. The molecule has 1 aromatic heterocycles. The fourth-order valence-corrected chi connectivity index (χ4v) is 6.74. The quantitative estimate of drug-likeness (QED) is 0.378. The number of halogens is 3. The molecule has 3 aromatic rings. The van der Waals surface area contributed by atoms with Crippen LogP contribution in [0, 0.1) is 34.8 Å². The molecule has 2 aromatic carbocycles. The first-order valence-corrected chi connectivity index (χ1v) is 12.3. The highest BCUT2D eigenvalue weighted by Crippen LogP contribution is 2.61. The number of amides is 1. The third kappa shape index (κ3) is 3.22. The molecule has 1 N–H and O–H groups in total. The molecule has 176 valence electrons. The minimum Gasteiger partial charge on any atom is -0.350 e. The summed E-state index contributed by atoms with van der Waals surface area (Å²) in [5.41, 5.74) is 3.94. The van der Waals surface area contributed by atoms with Gasteiger partial charge in [-0.3, -0.25) is 4.79 Å². The van der Waals surface area contributed by atoms with Crippen LogP contribution in [0.25, 0.3) is 16.9 Å².